The molecule has 0 spiro atoms. The quantitative estimate of drug-likeness (QED) is 0.772. The van der Waals surface area contributed by atoms with Gasteiger partial charge in [-0.1, -0.05) is 25.5 Å². The summed E-state index contributed by atoms with van der Waals surface area (Å²) < 4.78 is 18.6. The first kappa shape index (κ1) is 14.5. The van der Waals surface area contributed by atoms with Gasteiger partial charge in [0.1, 0.15) is 0 Å². The Bertz CT molecular complexity index is 379. The molecule has 0 saturated heterocycles. The number of rotatable bonds is 8. The van der Waals surface area contributed by atoms with E-state index in [9.17, 15) is 9.18 Å². The molecule has 100 valence electrons. The molecule has 4 heteroatoms. The van der Waals surface area contributed by atoms with E-state index in [4.69, 9.17) is 9.84 Å². The van der Waals surface area contributed by atoms with Crippen LogP contribution < -0.4 is 4.74 Å². The van der Waals surface area contributed by atoms with Gasteiger partial charge in [-0.15, -0.1) is 0 Å². The minimum Gasteiger partial charge on any atom is -0.491 e. The third-order valence-electron chi connectivity index (χ3n) is 2.79. The summed E-state index contributed by atoms with van der Waals surface area (Å²) in [6.45, 7) is 2.50. The second-order valence-corrected chi connectivity index (χ2v) is 4.46. The Morgan fingerprint density at radius 3 is 2.78 bits per heavy atom. The third kappa shape index (κ3) is 5.66. The monoisotopic (exact) mass is 254 g/mol. The number of carboxylic acid groups (broad SMARTS) is 1. The smallest absolute Gasteiger partial charge is 0.303 e. The maximum absolute atomic E-state index is 13.2. The van der Waals surface area contributed by atoms with E-state index in [1.807, 2.05) is 6.92 Å². The average molecular weight is 254 g/mol. The van der Waals surface area contributed by atoms with E-state index in [-0.39, 0.29) is 18.0 Å². The molecule has 0 aliphatic carbocycles. The van der Waals surface area contributed by atoms with Crippen LogP contribution in [0.5, 0.6) is 5.75 Å². The number of carboxylic acids is 1. The van der Waals surface area contributed by atoms with E-state index >= 15 is 0 Å². The average Bonchev–Trinajstić information content (AvgIpc) is 2.31. The van der Waals surface area contributed by atoms with Crippen molar-refractivity contribution in [1.82, 2.24) is 0 Å². The zero-order valence-corrected chi connectivity index (χ0v) is 10.6. The molecule has 1 aromatic rings. The standard InChI is InChI=1S/C14H19FO3/c1-11(5-4-8-14(16)17)9-10-18-13-7-3-2-6-12(13)15/h2-3,6-7,11H,4-5,8-10H2,1H3,(H,16,17). The molecule has 3 nitrogen and oxygen atoms in total. The molecule has 0 aliphatic heterocycles. The molecule has 0 bridgehead atoms. The number of hydrogen-bond acceptors (Lipinski definition) is 2. The fourth-order valence-electron chi connectivity index (χ4n) is 1.68. The number of hydrogen-bond donors (Lipinski definition) is 1. The summed E-state index contributed by atoms with van der Waals surface area (Å²) in [5.74, 6) is -0.452. The maximum Gasteiger partial charge on any atom is 0.303 e. The lowest BCUT2D eigenvalue weighted by atomic mass is 10.0. The second kappa shape index (κ2) is 7.69. The molecule has 0 fully saturated rings. The van der Waals surface area contributed by atoms with E-state index in [1.54, 1.807) is 18.2 Å². The summed E-state index contributed by atoms with van der Waals surface area (Å²) in [4.78, 5) is 10.4. The normalized spacial score (nSPS) is 12.1. The molecule has 1 rings (SSSR count). The molecular weight excluding hydrogens is 235 g/mol. The minimum atomic E-state index is -0.759. The summed E-state index contributed by atoms with van der Waals surface area (Å²) in [5.41, 5.74) is 0. The van der Waals surface area contributed by atoms with Crippen LogP contribution in [0.3, 0.4) is 0 Å². The highest BCUT2D eigenvalue weighted by molar-refractivity contribution is 5.66. The highest BCUT2D eigenvalue weighted by Gasteiger charge is 2.06. The molecule has 0 amide bonds. The molecule has 0 aromatic heterocycles. The Kier molecular flexibility index (Phi) is 6.19. The Balaban J connectivity index is 2.17. The summed E-state index contributed by atoms with van der Waals surface area (Å²) in [6, 6.07) is 6.32. The van der Waals surface area contributed by atoms with E-state index in [1.165, 1.54) is 6.07 Å². The van der Waals surface area contributed by atoms with Gasteiger partial charge in [-0.3, -0.25) is 4.79 Å². The van der Waals surface area contributed by atoms with Crippen LogP contribution in [-0.2, 0) is 4.79 Å². The van der Waals surface area contributed by atoms with Crippen molar-refractivity contribution in [2.24, 2.45) is 5.92 Å². The Morgan fingerprint density at radius 2 is 2.11 bits per heavy atom. The highest BCUT2D eigenvalue weighted by atomic mass is 19.1. The van der Waals surface area contributed by atoms with Crippen molar-refractivity contribution in [3.05, 3.63) is 30.1 Å². The van der Waals surface area contributed by atoms with Crippen molar-refractivity contribution >= 4 is 5.97 Å². The molecule has 0 heterocycles. The third-order valence-corrected chi connectivity index (χ3v) is 2.79. The van der Waals surface area contributed by atoms with Gasteiger partial charge in [0.25, 0.3) is 0 Å². The Labute approximate surface area is 107 Å². The summed E-state index contributed by atoms with van der Waals surface area (Å²) in [5, 5.41) is 8.52. The largest absolute Gasteiger partial charge is 0.491 e. The fraction of sp³-hybridized carbons (Fsp3) is 0.500. The molecule has 1 unspecified atom stereocenters. The maximum atomic E-state index is 13.2. The van der Waals surface area contributed by atoms with Crippen molar-refractivity contribution in [2.45, 2.75) is 32.6 Å². The number of halogens is 1. The van der Waals surface area contributed by atoms with Crippen molar-refractivity contribution in [2.75, 3.05) is 6.61 Å². The van der Waals surface area contributed by atoms with Gasteiger partial charge in [-0.05, 0) is 30.9 Å². The summed E-state index contributed by atoms with van der Waals surface area (Å²) >= 11 is 0. The number of ether oxygens (including phenoxy) is 1. The first-order valence-corrected chi connectivity index (χ1v) is 6.18. The molecular formula is C14H19FO3. The lowest BCUT2D eigenvalue weighted by Crippen LogP contribution is -2.06. The number of carbonyl (C=O) groups is 1. The van der Waals surface area contributed by atoms with Crippen LogP contribution in [0.15, 0.2) is 24.3 Å². The second-order valence-electron chi connectivity index (χ2n) is 4.46. The molecule has 0 radical (unpaired) electrons. The number of para-hydroxylation sites is 1. The van der Waals surface area contributed by atoms with Crippen molar-refractivity contribution in [1.29, 1.82) is 0 Å². The predicted molar refractivity (Wildman–Crippen MR) is 67.2 cm³/mol. The van der Waals surface area contributed by atoms with Crippen LogP contribution in [0.25, 0.3) is 0 Å². The lowest BCUT2D eigenvalue weighted by molar-refractivity contribution is -0.137. The van der Waals surface area contributed by atoms with Crippen molar-refractivity contribution in [3.63, 3.8) is 0 Å². The van der Waals surface area contributed by atoms with Gasteiger partial charge in [0, 0.05) is 6.42 Å². The lowest BCUT2D eigenvalue weighted by Gasteiger charge is -2.12. The summed E-state index contributed by atoms with van der Waals surface area (Å²) in [7, 11) is 0. The van der Waals surface area contributed by atoms with Crippen LogP contribution in [0, 0.1) is 11.7 Å². The van der Waals surface area contributed by atoms with Crippen LogP contribution in [0.2, 0.25) is 0 Å². The molecule has 0 saturated carbocycles. The number of aliphatic carboxylic acids is 1. The van der Waals surface area contributed by atoms with Gasteiger partial charge < -0.3 is 9.84 Å². The van der Waals surface area contributed by atoms with Gasteiger partial charge in [0.2, 0.25) is 0 Å². The van der Waals surface area contributed by atoms with Crippen LogP contribution in [0.4, 0.5) is 4.39 Å². The minimum absolute atomic E-state index is 0.207. The molecule has 18 heavy (non-hydrogen) atoms. The van der Waals surface area contributed by atoms with Gasteiger partial charge in [-0.2, -0.15) is 0 Å². The van der Waals surface area contributed by atoms with Crippen LogP contribution in [-0.4, -0.2) is 17.7 Å². The zero-order chi connectivity index (χ0) is 13.4. The SMILES string of the molecule is CC(CCCC(=O)O)CCOc1ccccc1F. The van der Waals surface area contributed by atoms with Crippen LogP contribution >= 0.6 is 0 Å². The van der Waals surface area contributed by atoms with Gasteiger partial charge in [-0.25, -0.2) is 4.39 Å². The molecule has 1 N–H and O–H groups in total. The fourth-order valence-corrected chi connectivity index (χ4v) is 1.68. The number of benzene rings is 1. The van der Waals surface area contributed by atoms with Crippen LogP contribution in [0.1, 0.15) is 32.6 Å². The Morgan fingerprint density at radius 1 is 1.39 bits per heavy atom. The summed E-state index contributed by atoms with van der Waals surface area (Å²) in [6.07, 6.45) is 2.54. The van der Waals surface area contributed by atoms with Gasteiger partial charge in [0.05, 0.1) is 6.61 Å². The Hall–Kier alpha value is -1.58. The van der Waals surface area contributed by atoms with Crippen molar-refractivity contribution in [3.8, 4) is 5.75 Å². The zero-order valence-electron chi connectivity index (χ0n) is 10.6. The first-order valence-electron chi connectivity index (χ1n) is 6.18. The molecule has 1 atom stereocenters. The van der Waals surface area contributed by atoms with E-state index in [0.717, 1.165) is 12.8 Å². The van der Waals surface area contributed by atoms with E-state index < -0.39 is 5.97 Å². The van der Waals surface area contributed by atoms with E-state index in [2.05, 4.69) is 0 Å². The predicted octanol–water partition coefficient (Wildman–Crippen LogP) is 3.49. The highest BCUT2D eigenvalue weighted by Crippen LogP contribution is 2.17. The van der Waals surface area contributed by atoms with Crippen molar-refractivity contribution < 1.29 is 19.0 Å². The molecule has 0 aliphatic rings. The van der Waals surface area contributed by atoms with Gasteiger partial charge in [0.15, 0.2) is 11.6 Å². The topological polar surface area (TPSA) is 46.5 Å². The first-order chi connectivity index (χ1) is 8.59. The van der Waals surface area contributed by atoms with E-state index in [0.29, 0.717) is 18.9 Å². The molecule has 1 aromatic carbocycles. The van der Waals surface area contributed by atoms with Gasteiger partial charge >= 0.3 is 5.97 Å².